The summed E-state index contributed by atoms with van der Waals surface area (Å²) in [4.78, 5) is 11.9. The maximum absolute atomic E-state index is 13.6. The Morgan fingerprint density at radius 3 is 2.16 bits per heavy atom. The van der Waals surface area contributed by atoms with Crippen LogP contribution in [-0.4, -0.2) is 53.2 Å². The van der Waals surface area contributed by atoms with Gasteiger partial charge in [-0.1, -0.05) is 18.6 Å². The van der Waals surface area contributed by atoms with Crippen LogP contribution in [0.4, 0.5) is 4.39 Å². The first-order chi connectivity index (χ1) is 15.2. The molecule has 2 aromatic rings. The van der Waals surface area contributed by atoms with Crippen molar-refractivity contribution in [2.75, 3.05) is 26.2 Å². The molecule has 2 aromatic carbocycles. The van der Waals surface area contributed by atoms with Crippen LogP contribution in [0.3, 0.4) is 0 Å². The Bertz CT molecular complexity index is 1150. The number of carbonyl (C=O) groups excluding carboxylic acids is 1. The first-order valence-corrected chi connectivity index (χ1v) is 13.3. The predicted octanol–water partition coefficient (Wildman–Crippen LogP) is 2.10. The van der Waals surface area contributed by atoms with Gasteiger partial charge in [-0.2, -0.15) is 4.31 Å². The number of nitrogens with one attached hydrogen (secondary N) is 2. The summed E-state index contributed by atoms with van der Waals surface area (Å²) in [5.41, 5.74) is -0.0762. The van der Waals surface area contributed by atoms with Gasteiger partial charge in [0, 0.05) is 26.2 Å². The molecular weight excluding hydrogens is 457 g/mol. The quantitative estimate of drug-likeness (QED) is 0.531. The minimum atomic E-state index is -3.84. The largest absolute Gasteiger partial charge is 0.352 e. The highest BCUT2D eigenvalue weighted by Gasteiger charge is 2.26. The van der Waals surface area contributed by atoms with E-state index < -0.39 is 31.8 Å². The van der Waals surface area contributed by atoms with Crippen LogP contribution in [0.15, 0.2) is 58.3 Å². The average molecular weight is 484 g/mol. The molecule has 2 N–H and O–H groups in total. The lowest BCUT2D eigenvalue weighted by Crippen LogP contribution is -2.35. The summed E-state index contributed by atoms with van der Waals surface area (Å²) in [5.74, 6) is -1.20. The third kappa shape index (κ3) is 5.91. The number of hydrogen-bond donors (Lipinski definition) is 2. The lowest BCUT2D eigenvalue weighted by atomic mass is 10.2. The molecule has 1 heterocycles. The summed E-state index contributed by atoms with van der Waals surface area (Å²) in [6, 6.07) is 10.7. The number of amides is 1. The van der Waals surface area contributed by atoms with E-state index in [0.29, 0.717) is 19.5 Å². The molecule has 1 amide bonds. The monoisotopic (exact) mass is 483 g/mol. The number of nitrogens with zero attached hydrogens (tertiary/aromatic N) is 1. The molecule has 0 aromatic heterocycles. The van der Waals surface area contributed by atoms with Gasteiger partial charge >= 0.3 is 0 Å². The average Bonchev–Trinajstić information content (AvgIpc) is 2.79. The number of piperidine rings is 1. The van der Waals surface area contributed by atoms with Crippen LogP contribution in [0, 0.1) is 5.82 Å². The zero-order valence-corrected chi connectivity index (χ0v) is 19.1. The highest BCUT2D eigenvalue weighted by atomic mass is 32.2. The zero-order chi connectivity index (χ0) is 23.2. The van der Waals surface area contributed by atoms with Gasteiger partial charge in [0.2, 0.25) is 20.0 Å². The molecule has 1 fully saturated rings. The van der Waals surface area contributed by atoms with Gasteiger partial charge in [-0.3, -0.25) is 4.79 Å². The molecule has 174 valence electrons. The first kappa shape index (κ1) is 24.3. The fourth-order valence-corrected chi connectivity index (χ4v) is 5.96. The lowest BCUT2D eigenvalue weighted by molar-refractivity contribution is 0.0949. The van der Waals surface area contributed by atoms with E-state index in [2.05, 4.69) is 10.0 Å². The number of halogens is 1. The fraction of sp³-hybridized carbons (Fsp3) is 0.381. The molecule has 0 radical (unpaired) electrons. The van der Waals surface area contributed by atoms with Crippen LogP contribution in [0.25, 0.3) is 0 Å². The number of benzene rings is 2. The van der Waals surface area contributed by atoms with Gasteiger partial charge < -0.3 is 5.32 Å². The van der Waals surface area contributed by atoms with Crippen molar-refractivity contribution in [3.8, 4) is 0 Å². The van der Waals surface area contributed by atoms with Crippen LogP contribution in [0.5, 0.6) is 0 Å². The van der Waals surface area contributed by atoms with Crippen molar-refractivity contribution in [2.45, 2.75) is 35.5 Å². The summed E-state index contributed by atoms with van der Waals surface area (Å²) in [6.45, 7) is 1.14. The molecule has 1 saturated heterocycles. The van der Waals surface area contributed by atoms with Crippen molar-refractivity contribution in [1.82, 2.24) is 14.3 Å². The molecular formula is C21H26FN3O5S2. The van der Waals surface area contributed by atoms with Crippen molar-refractivity contribution in [3.63, 3.8) is 0 Å². The van der Waals surface area contributed by atoms with Crippen LogP contribution in [0.2, 0.25) is 0 Å². The molecule has 8 nitrogen and oxygen atoms in total. The van der Waals surface area contributed by atoms with Crippen molar-refractivity contribution in [2.24, 2.45) is 0 Å². The second kappa shape index (κ2) is 10.5. The van der Waals surface area contributed by atoms with Gasteiger partial charge in [0.15, 0.2) is 0 Å². The molecule has 1 aliphatic heterocycles. The van der Waals surface area contributed by atoms with E-state index in [1.165, 1.54) is 46.8 Å². The smallest absolute Gasteiger partial charge is 0.254 e. The van der Waals surface area contributed by atoms with Gasteiger partial charge in [-0.15, -0.1) is 0 Å². The molecule has 0 atom stereocenters. The van der Waals surface area contributed by atoms with E-state index in [9.17, 15) is 26.0 Å². The number of carbonyl (C=O) groups is 1. The molecule has 0 bridgehead atoms. The highest BCUT2D eigenvalue weighted by molar-refractivity contribution is 7.89. The minimum absolute atomic E-state index is 0.0493. The maximum atomic E-state index is 13.6. The summed E-state index contributed by atoms with van der Waals surface area (Å²) in [5, 5.41) is 2.54. The molecule has 0 saturated carbocycles. The van der Waals surface area contributed by atoms with E-state index in [-0.39, 0.29) is 28.4 Å². The van der Waals surface area contributed by atoms with Crippen LogP contribution in [0.1, 0.15) is 36.0 Å². The second-order valence-corrected chi connectivity index (χ2v) is 11.1. The Morgan fingerprint density at radius 2 is 1.50 bits per heavy atom. The highest BCUT2D eigenvalue weighted by Crippen LogP contribution is 2.22. The Hall–Kier alpha value is -2.34. The molecule has 3 rings (SSSR count). The Balaban J connectivity index is 1.51. The van der Waals surface area contributed by atoms with Crippen molar-refractivity contribution in [3.05, 3.63) is 59.9 Å². The maximum Gasteiger partial charge on any atom is 0.254 e. The predicted molar refractivity (Wildman–Crippen MR) is 118 cm³/mol. The van der Waals surface area contributed by atoms with Crippen LogP contribution in [-0.2, 0) is 20.0 Å². The first-order valence-electron chi connectivity index (χ1n) is 10.3. The third-order valence-corrected chi connectivity index (χ3v) is 8.53. The van der Waals surface area contributed by atoms with E-state index in [1.807, 2.05) is 0 Å². The standard InChI is InChI=1S/C21H26FN3O5S2/c22-20-8-3-2-7-19(20)21(26)23-13-6-14-24-31(27,28)17-9-11-18(12-10-17)32(29,30)25-15-4-1-5-16-25/h2-3,7-12,24H,1,4-6,13-16H2,(H,23,26). The van der Waals surface area contributed by atoms with Crippen molar-refractivity contribution in [1.29, 1.82) is 0 Å². The van der Waals surface area contributed by atoms with Gasteiger partial charge in [0.05, 0.1) is 15.4 Å². The van der Waals surface area contributed by atoms with E-state index >= 15 is 0 Å². The summed E-state index contributed by atoms with van der Waals surface area (Å²) < 4.78 is 67.7. The normalized spacial score (nSPS) is 15.4. The van der Waals surface area contributed by atoms with E-state index in [0.717, 1.165) is 19.3 Å². The zero-order valence-electron chi connectivity index (χ0n) is 17.5. The van der Waals surface area contributed by atoms with Crippen molar-refractivity contribution < 1.29 is 26.0 Å². The number of rotatable bonds is 9. The fourth-order valence-electron chi connectivity index (χ4n) is 3.37. The second-order valence-electron chi connectivity index (χ2n) is 7.42. The van der Waals surface area contributed by atoms with Gasteiger partial charge in [0.1, 0.15) is 5.82 Å². The number of hydrogen-bond acceptors (Lipinski definition) is 5. The van der Waals surface area contributed by atoms with Crippen LogP contribution >= 0.6 is 0 Å². The van der Waals surface area contributed by atoms with Crippen molar-refractivity contribution >= 4 is 26.0 Å². The van der Waals surface area contributed by atoms with E-state index in [1.54, 1.807) is 6.07 Å². The Morgan fingerprint density at radius 1 is 0.875 bits per heavy atom. The van der Waals surface area contributed by atoms with Gasteiger partial charge in [-0.25, -0.2) is 25.9 Å². The SMILES string of the molecule is O=C(NCCCNS(=O)(=O)c1ccc(S(=O)(=O)N2CCCCC2)cc1)c1ccccc1F. The summed E-state index contributed by atoms with van der Waals surface area (Å²) >= 11 is 0. The Labute approximate surface area is 187 Å². The Kier molecular flexibility index (Phi) is 7.99. The molecule has 1 aliphatic rings. The molecule has 11 heteroatoms. The van der Waals surface area contributed by atoms with E-state index in [4.69, 9.17) is 0 Å². The molecule has 0 unspecified atom stereocenters. The minimum Gasteiger partial charge on any atom is -0.352 e. The molecule has 0 aliphatic carbocycles. The third-order valence-electron chi connectivity index (χ3n) is 5.14. The summed E-state index contributed by atoms with van der Waals surface area (Å²) in [7, 11) is -7.47. The van der Waals surface area contributed by atoms with Gasteiger partial charge in [0.25, 0.3) is 5.91 Å². The summed E-state index contributed by atoms with van der Waals surface area (Å²) in [6.07, 6.45) is 2.93. The topological polar surface area (TPSA) is 113 Å². The van der Waals surface area contributed by atoms with Gasteiger partial charge in [-0.05, 0) is 55.7 Å². The molecule has 0 spiro atoms. The molecule has 32 heavy (non-hydrogen) atoms. The number of sulfonamides is 2. The lowest BCUT2D eigenvalue weighted by Gasteiger charge is -2.25. The van der Waals surface area contributed by atoms with Crippen LogP contribution < -0.4 is 10.0 Å².